The molecule has 2 N–H and O–H groups in total. The number of aliphatic hydroxyl groups is 1. The molecule has 0 amide bonds. The van der Waals surface area contributed by atoms with E-state index in [4.69, 9.17) is 4.74 Å². The van der Waals surface area contributed by atoms with E-state index in [1.165, 1.54) is 11.1 Å². The minimum absolute atomic E-state index is 0.179. The average molecular weight is 319 g/mol. The van der Waals surface area contributed by atoms with E-state index in [9.17, 15) is 10.2 Å². The third-order valence-corrected chi connectivity index (χ3v) is 5.71. The lowest BCUT2D eigenvalue weighted by Crippen LogP contribution is -2.58. The number of rotatable bonds is 3. The highest BCUT2D eigenvalue weighted by Gasteiger charge is 2.46. The van der Waals surface area contributed by atoms with Crippen LogP contribution in [0.5, 0.6) is 11.5 Å². The van der Waals surface area contributed by atoms with Crippen LogP contribution in [-0.2, 0) is 12.0 Å². The summed E-state index contributed by atoms with van der Waals surface area (Å²) in [6.07, 6.45) is 2.47. The summed E-state index contributed by atoms with van der Waals surface area (Å²) in [5.41, 5.74) is 2.19. The number of phenolic OH excluding ortho intramolecular Hbond substituents is 1. The molecule has 0 spiro atoms. The Balaban J connectivity index is 1.95. The molecule has 128 valence electrons. The summed E-state index contributed by atoms with van der Waals surface area (Å²) in [5.74, 6) is 1.68. The van der Waals surface area contributed by atoms with E-state index in [1.807, 2.05) is 12.1 Å². The first-order valence-electron chi connectivity index (χ1n) is 8.68. The molecule has 0 saturated carbocycles. The zero-order chi connectivity index (χ0) is 16.8. The van der Waals surface area contributed by atoms with Crippen molar-refractivity contribution in [3.05, 3.63) is 23.3 Å². The first kappa shape index (κ1) is 16.6. The van der Waals surface area contributed by atoms with Crippen molar-refractivity contribution in [1.82, 2.24) is 4.90 Å². The van der Waals surface area contributed by atoms with Gasteiger partial charge in [-0.05, 0) is 61.3 Å². The van der Waals surface area contributed by atoms with E-state index >= 15 is 0 Å². The van der Waals surface area contributed by atoms with Gasteiger partial charge in [0.1, 0.15) is 0 Å². The number of piperidine rings is 1. The number of methoxy groups -OCH3 is 1. The molecule has 0 aliphatic carbocycles. The molecular weight excluding hydrogens is 290 g/mol. The van der Waals surface area contributed by atoms with Gasteiger partial charge in [0.25, 0.3) is 0 Å². The minimum atomic E-state index is -0.274. The highest BCUT2D eigenvalue weighted by atomic mass is 16.5. The molecule has 1 aromatic carbocycles. The highest BCUT2D eigenvalue weighted by Crippen LogP contribution is 2.47. The predicted molar refractivity (Wildman–Crippen MR) is 90.9 cm³/mol. The molecule has 0 aromatic heterocycles. The summed E-state index contributed by atoms with van der Waals surface area (Å²) in [7, 11) is 1.58. The summed E-state index contributed by atoms with van der Waals surface area (Å²) in [6, 6.07) is 3.80. The van der Waals surface area contributed by atoms with Gasteiger partial charge in [0, 0.05) is 18.6 Å². The maximum Gasteiger partial charge on any atom is 0.160 e. The molecular formula is C19H29NO3. The summed E-state index contributed by atoms with van der Waals surface area (Å²) >= 11 is 0. The Labute approximate surface area is 139 Å². The molecule has 2 aliphatic rings. The largest absolute Gasteiger partial charge is 0.504 e. The number of aromatic hydroxyl groups is 1. The third kappa shape index (κ3) is 2.83. The fraction of sp³-hybridized carbons (Fsp3) is 0.684. The maximum absolute atomic E-state index is 10.7. The molecule has 4 heteroatoms. The van der Waals surface area contributed by atoms with Crippen LogP contribution in [0.15, 0.2) is 12.1 Å². The van der Waals surface area contributed by atoms with E-state index in [-0.39, 0.29) is 17.4 Å². The second-order valence-corrected chi connectivity index (χ2v) is 7.81. The van der Waals surface area contributed by atoms with Gasteiger partial charge in [0.2, 0.25) is 0 Å². The van der Waals surface area contributed by atoms with Gasteiger partial charge in [0.05, 0.1) is 13.2 Å². The Morgan fingerprint density at radius 3 is 2.78 bits per heavy atom. The van der Waals surface area contributed by atoms with Crippen molar-refractivity contribution >= 4 is 0 Å². The van der Waals surface area contributed by atoms with Crippen molar-refractivity contribution in [3.8, 4) is 11.5 Å². The Morgan fingerprint density at radius 2 is 2.13 bits per heavy atom. The fourth-order valence-electron chi connectivity index (χ4n) is 4.50. The molecule has 4 nitrogen and oxygen atoms in total. The third-order valence-electron chi connectivity index (χ3n) is 5.71. The average Bonchev–Trinajstić information content (AvgIpc) is 2.47. The van der Waals surface area contributed by atoms with Gasteiger partial charge in [-0.3, -0.25) is 4.90 Å². The number of aliphatic hydroxyl groups excluding tert-OH is 1. The minimum Gasteiger partial charge on any atom is -0.504 e. The van der Waals surface area contributed by atoms with E-state index in [0.29, 0.717) is 17.6 Å². The Morgan fingerprint density at radius 1 is 1.39 bits per heavy atom. The van der Waals surface area contributed by atoms with Crippen LogP contribution >= 0.6 is 0 Å². The zero-order valence-corrected chi connectivity index (χ0v) is 14.7. The standard InChI is InChI=1S/C19H29NO3/c1-12(2)7-14-11-20-6-5-13-8-16(21)18(23-4)9-15(13)19(20,3)10-17(14)22/h8-9,12,14,17,21-22H,5-7,10-11H2,1-4H3/t14-,17-,19-/m1/s1. The topological polar surface area (TPSA) is 52.9 Å². The molecule has 0 unspecified atom stereocenters. The summed E-state index contributed by atoms with van der Waals surface area (Å²) < 4.78 is 5.31. The van der Waals surface area contributed by atoms with Gasteiger partial charge in [-0.2, -0.15) is 0 Å². The summed E-state index contributed by atoms with van der Waals surface area (Å²) in [4.78, 5) is 2.52. The first-order valence-corrected chi connectivity index (χ1v) is 8.68. The van der Waals surface area contributed by atoms with Crippen LogP contribution < -0.4 is 4.74 Å². The fourth-order valence-corrected chi connectivity index (χ4v) is 4.50. The molecule has 0 radical (unpaired) electrons. The number of ether oxygens (including phenoxy) is 1. The normalized spacial score (nSPS) is 30.9. The molecule has 2 heterocycles. The second kappa shape index (κ2) is 5.99. The Hall–Kier alpha value is -1.26. The molecule has 23 heavy (non-hydrogen) atoms. The highest BCUT2D eigenvalue weighted by molar-refractivity contribution is 5.50. The monoisotopic (exact) mass is 319 g/mol. The lowest BCUT2D eigenvalue weighted by atomic mass is 9.71. The lowest BCUT2D eigenvalue weighted by molar-refractivity contribution is -0.0647. The molecule has 3 atom stereocenters. The molecule has 1 aromatic rings. The molecule has 1 saturated heterocycles. The maximum atomic E-state index is 10.7. The van der Waals surface area contributed by atoms with Crippen LogP contribution in [-0.4, -0.2) is 41.4 Å². The number of hydrogen-bond acceptors (Lipinski definition) is 4. The lowest BCUT2D eigenvalue weighted by Gasteiger charge is -2.53. The van der Waals surface area contributed by atoms with Gasteiger partial charge in [-0.1, -0.05) is 13.8 Å². The SMILES string of the molecule is COc1cc2c(cc1O)CCN1C[C@@H](CC(C)C)[C@H](O)C[C@]21C. The smallest absolute Gasteiger partial charge is 0.160 e. The van der Waals surface area contributed by atoms with Crippen molar-refractivity contribution < 1.29 is 14.9 Å². The quantitative estimate of drug-likeness (QED) is 0.899. The summed E-state index contributed by atoms with van der Waals surface area (Å²) in [6.45, 7) is 8.59. The first-order chi connectivity index (χ1) is 10.8. The van der Waals surface area contributed by atoms with Gasteiger partial charge in [0.15, 0.2) is 11.5 Å². The van der Waals surface area contributed by atoms with Crippen LogP contribution in [0, 0.1) is 11.8 Å². The predicted octanol–water partition coefficient (Wildman–Crippen LogP) is 2.90. The van der Waals surface area contributed by atoms with Gasteiger partial charge in [-0.15, -0.1) is 0 Å². The number of fused-ring (bicyclic) bond motifs is 3. The van der Waals surface area contributed by atoms with Crippen molar-refractivity contribution in [2.24, 2.45) is 11.8 Å². The number of benzene rings is 1. The van der Waals surface area contributed by atoms with Gasteiger partial charge >= 0.3 is 0 Å². The van der Waals surface area contributed by atoms with Crippen LogP contribution in [0.4, 0.5) is 0 Å². The molecule has 0 bridgehead atoms. The van der Waals surface area contributed by atoms with Crippen molar-refractivity contribution in [2.75, 3.05) is 20.2 Å². The van der Waals surface area contributed by atoms with Gasteiger partial charge < -0.3 is 14.9 Å². The van der Waals surface area contributed by atoms with Crippen LogP contribution in [0.2, 0.25) is 0 Å². The molecule has 3 rings (SSSR count). The van der Waals surface area contributed by atoms with Crippen molar-refractivity contribution in [2.45, 2.75) is 51.7 Å². The Kier molecular flexibility index (Phi) is 4.32. The second-order valence-electron chi connectivity index (χ2n) is 7.81. The van der Waals surface area contributed by atoms with Crippen LogP contribution in [0.3, 0.4) is 0 Å². The molecule has 1 fully saturated rings. The van der Waals surface area contributed by atoms with E-state index < -0.39 is 0 Å². The molecule has 2 aliphatic heterocycles. The van der Waals surface area contributed by atoms with E-state index in [2.05, 4.69) is 25.7 Å². The number of hydrogen-bond donors (Lipinski definition) is 2. The number of phenols is 1. The Bertz CT molecular complexity index is 586. The van der Waals surface area contributed by atoms with Crippen molar-refractivity contribution in [3.63, 3.8) is 0 Å². The van der Waals surface area contributed by atoms with E-state index in [1.54, 1.807) is 7.11 Å². The van der Waals surface area contributed by atoms with Crippen molar-refractivity contribution in [1.29, 1.82) is 0 Å². The van der Waals surface area contributed by atoms with Crippen LogP contribution in [0.25, 0.3) is 0 Å². The zero-order valence-electron chi connectivity index (χ0n) is 14.7. The van der Waals surface area contributed by atoms with E-state index in [0.717, 1.165) is 32.4 Å². The number of nitrogens with zero attached hydrogens (tertiary/aromatic N) is 1. The summed E-state index contributed by atoms with van der Waals surface area (Å²) in [5, 5.41) is 20.8. The van der Waals surface area contributed by atoms with Gasteiger partial charge in [-0.25, -0.2) is 0 Å². The van der Waals surface area contributed by atoms with Crippen LogP contribution in [0.1, 0.15) is 44.7 Å².